The number of aryl methyl sites for hydroxylation is 1. The van der Waals surface area contributed by atoms with Crippen LogP contribution in [0, 0.1) is 0 Å². The highest BCUT2D eigenvalue weighted by atomic mass is 35.5. The third-order valence-electron chi connectivity index (χ3n) is 3.28. The molecule has 1 heterocycles. The third kappa shape index (κ3) is 2.04. The molecule has 3 heteroatoms. The Morgan fingerprint density at radius 1 is 1.17 bits per heavy atom. The van der Waals surface area contributed by atoms with E-state index in [0.717, 1.165) is 34.9 Å². The van der Waals surface area contributed by atoms with Gasteiger partial charge in [-0.1, -0.05) is 29.8 Å². The molecule has 0 fully saturated rings. The highest BCUT2D eigenvalue weighted by Gasteiger charge is 2.22. The van der Waals surface area contributed by atoms with E-state index in [1.807, 2.05) is 42.5 Å². The molecule has 1 aliphatic rings. The van der Waals surface area contributed by atoms with Crippen molar-refractivity contribution < 1.29 is 4.74 Å². The van der Waals surface area contributed by atoms with Crippen LogP contribution in [0.1, 0.15) is 23.7 Å². The van der Waals surface area contributed by atoms with Crippen molar-refractivity contribution in [1.29, 1.82) is 0 Å². The number of ether oxygens (including phenoxy) is 1. The molecule has 2 aromatic carbocycles. The summed E-state index contributed by atoms with van der Waals surface area (Å²) in [7, 11) is 0. The van der Waals surface area contributed by atoms with Gasteiger partial charge in [0.1, 0.15) is 11.9 Å². The predicted molar refractivity (Wildman–Crippen MR) is 74.0 cm³/mol. The van der Waals surface area contributed by atoms with Crippen LogP contribution in [0.3, 0.4) is 0 Å². The van der Waals surface area contributed by atoms with Crippen LogP contribution in [0.5, 0.6) is 5.75 Å². The first-order valence-corrected chi connectivity index (χ1v) is 6.41. The second kappa shape index (κ2) is 4.54. The number of rotatable bonds is 1. The summed E-state index contributed by atoms with van der Waals surface area (Å²) in [5.74, 6) is 0.917. The lowest BCUT2D eigenvalue weighted by Gasteiger charge is -2.27. The second-order valence-electron chi connectivity index (χ2n) is 4.53. The summed E-state index contributed by atoms with van der Waals surface area (Å²) in [6.45, 7) is 0. The molecule has 1 atom stereocenters. The largest absolute Gasteiger partial charge is 0.485 e. The Balaban J connectivity index is 1.92. The second-order valence-corrected chi connectivity index (χ2v) is 4.94. The summed E-state index contributed by atoms with van der Waals surface area (Å²) in [6.07, 6.45) is 1.94. The van der Waals surface area contributed by atoms with E-state index in [4.69, 9.17) is 22.1 Å². The van der Waals surface area contributed by atoms with Crippen LogP contribution in [0.2, 0.25) is 5.02 Å². The summed E-state index contributed by atoms with van der Waals surface area (Å²) in [6, 6.07) is 13.6. The van der Waals surface area contributed by atoms with Gasteiger partial charge in [-0.05, 0) is 42.7 Å². The maximum atomic E-state index is 6.21. The summed E-state index contributed by atoms with van der Waals surface area (Å²) in [5, 5.41) is 0.765. The van der Waals surface area contributed by atoms with Gasteiger partial charge >= 0.3 is 0 Å². The maximum Gasteiger partial charge on any atom is 0.125 e. The van der Waals surface area contributed by atoms with E-state index < -0.39 is 0 Å². The van der Waals surface area contributed by atoms with Gasteiger partial charge in [0, 0.05) is 16.3 Å². The summed E-state index contributed by atoms with van der Waals surface area (Å²) < 4.78 is 6.01. The molecule has 0 saturated carbocycles. The van der Waals surface area contributed by atoms with Crippen LogP contribution in [0.15, 0.2) is 42.5 Å². The van der Waals surface area contributed by atoms with E-state index in [1.54, 1.807) is 0 Å². The molecule has 0 aromatic heterocycles. The molecule has 0 saturated heterocycles. The number of hydrogen-bond donors (Lipinski definition) is 1. The molecule has 92 valence electrons. The first kappa shape index (κ1) is 11.4. The van der Waals surface area contributed by atoms with Crippen LogP contribution >= 0.6 is 11.6 Å². The van der Waals surface area contributed by atoms with Crippen molar-refractivity contribution in [3.05, 3.63) is 58.6 Å². The molecule has 0 bridgehead atoms. The van der Waals surface area contributed by atoms with Crippen LogP contribution in [-0.2, 0) is 6.42 Å². The van der Waals surface area contributed by atoms with Crippen molar-refractivity contribution in [1.82, 2.24) is 0 Å². The topological polar surface area (TPSA) is 35.2 Å². The molecule has 18 heavy (non-hydrogen) atoms. The molecule has 2 N–H and O–H groups in total. The zero-order valence-corrected chi connectivity index (χ0v) is 10.7. The Morgan fingerprint density at radius 2 is 2.00 bits per heavy atom. The van der Waals surface area contributed by atoms with Gasteiger partial charge in [-0.15, -0.1) is 0 Å². The minimum Gasteiger partial charge on any atom is -0.485 e. The van der Waals surface area contributed by atoms with E-state index in [1.165, 1.54) is 5.56 Å². The molecule has 0 spiro atoms. The van der Waals surface area contributed by atoms with E-state index in [2.05, 4.69) is 0 Å². The monoisotopic (exact) mass is 259 g/mol. The van der Waals surface area contributed by atoms with Gasteiger partial charge in [-0.2, -0.15) is 0 Å². The van der Waals surface area contributed by atoms with Gasteiger partial charge in [0.15, 0.2) is 0 Å². The molecule has 3 rings (SSSR count). The first-order chi connectivity index (χ1) is 8.74. The third-order valence-corrected chi connectivity index (χ3v) is 3.63. The number of halogens is 1. The van der Waals surface area contributed by atoms with Gasteiger partial charge < -0.3 is 10.5 Å². The Bertz CT molecular complexity index is 582. The smallest absolute Gasteiger partial charge is 0.125 e. The van der Waals surface area contributed by atoms with Crippen LogP contribution < -0.4 is 10.5 Å². The Labute approximate surface area is 111 Å². The Hall–Kier alpha value is -1.67. The minimum absolute atomic E-state index is 0.0369. The van der Waals surface area contributed by atoms with E-state index >= 15 is 0 Å². The zero-order chi connectivity index (χ0) is 12.5. The average Bonchev–Trinajstić information content (AvgIpc) is 2.39. The quantitative estimate of drug-likeness (QED) is 0.786. The van der Waals surface area contributed by atoms with Crippen molar-refractivity contribution in [3.8, 4) is 5.75 Å². The van der Waals surface area contributed by atoms with Crippen molar-refractivity contribution in [3.63, 3.8) is 0 Å². The van der Waals surface area contributed by atoms with Gasteiger partial charge in [-0.25, -0.2) is 0 Å². The zero-order valence-electron chi connectivity index (χ0n) is 9.90. The SMILES string of the molecule is Nc1ccc2c(c1)CCC(c1ccccc1Cl)O2. The molecule has 0 aliphatic carbocycles. The summed E-state index contributed by atoms with van der Waals surface area (Å²) >= 11 is 6.21. The van der Waals surface area contributed by atoms with E-state index in [0.29, 0.717) is 0 Å². The maximum absolute atomic E-state index is 6.21. The lowest BCUT2D eigenvalue weighted by atomic mass is 9.97. The molecule has 1 aliphatic heterocycles. The number of anilines is 1. The van der Waals surface area contributed by atoms with Crippen LogP contribution in [0.25, 0.3) is 0 Å². The molecule has 0 amide bonds. The highest BCUT2D eigenvalue weighted by Crippen LogP contribution is 2.37. The lowest BCUT2D eigenvalue weighted by molar-refractivity contribution is 0.177. The minimum atomic E-state index is 0.0369. The number of nitrogens with two attached hydrogens (primary N) is 1. The Kier molecular flexibility index (Phi) is 2.88. The van der Waals surface area contributed by atoms with Crippen LogP contribution in [0.4, 0.5) is 5.69 Å². The van der Waals surface area contributed by atoms with E-state index in [9.17, 15) is 0 Å². The predicted octanol–water partition coefficient (Wildman–Crippen LogP) is 3.99. The van der Waals surface area contributed by atoms with Gasteiger partial charge in [0.05, 0.1) is 0 Å². The fourth-order valence-electron chi connectivity index (χ4n) is 2.36. The molecular formula is C15H14ClNO. The number of hydrogen-bond acceptors (Lipinski definition) is 2. The highest BCUT2D eigenvalue weighted by molar-refractivity contribution is 6.31. The average molecular weight is 260 g/mol. The van der Waals surface area contributed by atoms with Gasteiger partial charge in [0.2, 0.25) is 0 Å². The van der Waals surface area contributed by atoms with Crippen LogP contribution in [-0.4, -0.2) is 0 Å². The fourth-order valence-corrected chi connectivity index (χ4v) is 2.62. The molecular weight excluding hydrogens is 246 g/mol. The van der Waals surface area contributed by atoms with Gasteiger partial charge in [-0.3, -0.25) is 0 Å². The lowest BCUT2D eigenvalue weighted by Crippen LogP contribution is -2.15. The fraction of sp³-hybridized carbons (Fsp3) is 0.200. The number of benzene rings is 2. The Morgan fingerprint density at radius 3 is 2.83 bits per heavy atom. The summed E-state index contributed by atoms with van der Waals surface area (Å²) in [5.41, 5.74) is 8.80. The molecule has 2 aromatic rings. The van der Waals surface area contributed by atoms with Crippen molar-refractivity contribution in [2.45, 2.75) is 18.9 Å². The first-order valence-electron chi connectivity index (χ1n) is 6.03. The molecule has 1 unspecified atom stereocenters. The summed E-state index contributed by atoms with van der Waals surface area (Å²) in [4.78, 5) is 0. The van der Waals surface area contributed by atoms with E-state index in [-0.39, 0.29) is 6.10 Å². The molecule has 2 nitrogen and oxygen atoms in total. The van der Waals surface area contributed by atoms with Crippen molar-refractivity contribution in [2.24, 2.45) is 0 Å². The number of nitrogen functional groups attached to an aromatic ring is 1. The van der Waals surface area contributed by atoms with Gasteiger partial charge in [0.25, 0.3) is 0 Å². The standard InChI is InChI=1S/C15H14ClNO/c16-13-4-2-1-3-12(13)15-7-5-10-9-11(17)6-8-14(10)18-15/h1-4,6,8-9,15H,5,7,17H2. The molecule has 0 radical (unpaired) electrons. The van der Waals surface area contributed by atoms with Crippen molar-refractivity contribution >= 4 is 17.3 Å². The number of fused-ring (bicyclic) bond motifs is 1. The normalized spacial score (nSPS) is 17.9. The van der Waals surface area contributed by atoms with Crippen molar-refractivity contribution in [2.75, 3.05) is 5.73 Å².